The van der Waals surface area contributed by atoms with Crippen LogP contribution in [0, 0.1) is 5.82 Å². The van der Waals surface area contributed by atoms with Gasteiger partial charge in [-0.15, -0.1) is 0 Å². The molecule has 1 atom stereocenters. The number of nitrogens with zero attached hydrogens (tertiary/aromatic N) is 2. The second kappa shape index (κ2) is 15.4. The molecule has 0 amide bonds. The van der Waals surface area contributed by atoms with Crippen molar-refractivity contribution in [3.63, 3.8) is 0 Å². The molecule has 0 radical (unpaired) electrons. The highest BCUT2D eigenvalue weighted by Gasteiger charge is 2.34. The third-order valence-electron chi connectivity index (χ3n) is 8.22. The number of hydrogen-bond donors (Lipinski definition) is 0. The van der Waals surface area contributed by atoms with Crippen molar-refractivity contribution in [1.29, 1.82) is 0 Å². The fourth-order valence-electron chi connectivity index (χ4n) is 5.84. The summed E-state index contributed by atoms with van der Waals surface area (Å²) in [5, 5.41) is 1.75. The highest BCUT2D eigenvalue weighted by Crippen LogP contribution is 2.37. The predicted octanol–water partition coefficient (Wildman–Crippen LogP) is 5.62. The first kappa shape index (κ1) is 35.1. The number of ether oxygens (including phenoxy) is 5. The van der Waals surface area contributed by atoms with Crippen LogP contribution in [0.15, 0.2) is 99.9 Å². The molecule has 0 aliphatic carbocycles. The van der Waals surface area contributed by atoms with Gasteiger partial charge in [-0.3, -0.25) is 9.36 Å². The van der Waals surface area contributed by atoms with Gasteiger partial charge in [0.1, 0.15) is 18.2 Å². The lowest BCUT2D eigenvalue weighted by atomic mass is 9.95. The lowest BCUT2D eigenvalue weighted by molar-refractivity contribution is -0.143. The molecule has 0 spiro atoms. The Morgan fingerprint density at radius 2 is 1.69 bits per heavy atom. The Morgan fingerprint density at radius 3 is 2.45 bits per heavy atom. The van der Waals surface area contributed by atoms with Crippen LogP contribution in [0.3, 0.4) is 0 Å². The summed E-state index contributed by atoms with van der Waals surface area (Å²) in [6.45, 7) is 5.26. The molecule has 0 saturated carbocycles. The van der Waals surface area contributed by atoms with Crippen molar-refractivity contribution < 1.29 is 37.7 Å². The van der Waals surface area contributed by atoms with E-state index in [1.54, 1.807) is 69.3 Å². The van der Waals surface area contributed by atoms with Gasteiger partial charge in [-0.2, -0.15) is 0 Å². The molecule has 0 N–H and O–H groups in total. The smallest absolute Gasteiger partial charge is 0.343 e. The Balaban J connectivity index is 1.51. The molecule has 262 valence electrons. The highest BCUT2D eigenvalue weighted by molar-refractivity contribution is 7.07. The summed E-state index contributed by atoms with van der Waals surface area (Å²) >= 11 is 1.17. The zero-order valence-corrected chi connectivity index (χ0v) is 29.3. The van der Waals surface area contributed by atoms with E-state index in [9.17, 15) is 18.8 Å². The van der Waals surface area contributed by atoms with Gasteiger partial charge < -0.3 is 23.7 Å². The van der Waals surface area contributed by atoms with E-state index >= 15 is 0 Å². The second-order valence-electron chi connectivity index (χ2n) is 11.4. The van der Waals surface area contributed by atoms with Crippen molar-refractivity contribution in [3.05, 3.63) is 132 Å². The number of benzene rings is 4. The van der Waals surface area contributed by atoms with Crippen LogP contribution < -0.4 is 29.1 Å². The van der Waals surface area contributed by atoms with Crippen LogP contribution in [0.5, 0.6) is 17.2 Å². The molecular weight excluding hydrogens is 676 g/mol. The largest absolute Gasteiger partial charge is 0.490 e. The topological polar surface area (TPSA) is 115 Å². The SMILES string of the molecule is CCOC(=O)C1=C(C)N=c2s/c(=C/c3c(OCc4ccccc4F)ccc4ccccc34)c(=O)n2[C@H]1c1ccc(OCC(=O)OC)c(OCC)c1. The number of hydrogen-bond acceptors (Lipinski definition) is 10. The third kappa shape index (κ3) is 7.27. The summed E-state index contributed by atoms with van der Waals surface area (Å²) in [5.41, 5.74) is 1.77. The van der Waals surface area contributed by atoms with Crippen molar-refractivity contribution in [2.24, 2.45) is 4.99 Å². The highest BCUT2D eigenvalue weighted by atomic mass is 32.1. The fraction of sp³-hybridized carbons (Fsp3) is 0.231. The van der Waals surface area contributed by atoms with Crippen LogP contribution in [-0.4, -0.2) is 43.4 Å². The summed E-state index contributed by atoms with van der Waals surface area (Å²) in [5.74, 6) is -0.492. The molecule has 6 rings (SSSR count). The zero-order valence-electron chi connectivity index (χ0n) is 28.4. The van der Waals surface area contributed by atoms with E-state index in [4.69, 9.17) is 28.7 Å². The summed E-state index contributed by atoms with van der Waals surface area (Å²) in [7, 11) is 1.26. The maximum Gasteiger partial charge on any atom is 0.343 e. The van der Waals surface area contributed by atoms with Crippen LogP contribution in [0.1, 0.15) is 43.5 Å². The Hall–Kier alpha value is -5.75. The molecule has 2 heterocycles. The monoisotopic (exact) mass is 710 g/mol. The molecule has 1 aromatic heterocycles. The molecular formula is C39H35FN2O8S. The molecule has 0 unspecified atom stereocenters. The summed E-state index contributed by atoms with van der Waals surface area (Å²) in [6, 6.07) is 21.9. The van der Waals surface area contributed by atoms with Crippen molar-refractivity contribution >= 4 is 40.1 Å². The predicted molar refractivity (Wildman–Crippen MR) is 190 cm³/mol. The number of rotatable bonds is 12. The summed E-state index contributed by atoms with van der Waals surface area (Å²) in [6.07, 6.45) is 1.75. The summed E-state index contributed by atoms with van der Waals surface area (Å²) in [4.78, 5) is 44.8. The molecule has 51 heavy (non-hydrogen) atoms. The van der Waals surface area contributed by atoms with Gasteiger partial charge in [0, 0.05) is 11.1 Å². The second-order valence-corrected chi connectivity index (χ2v) is 12.4. The minimum absolute atomic E-state index is 0.0172. The molecule has 12 heteroatoms. The summed E-state index contributed by atoms with van der Waals surface area (Å²) < 4.78 is 44.1. The Labute approximate surface area is 296 Å². The maximum absolute atomic E-state index is 14.5. The van der Waals surface area contributed by atoms with Crippen LogP contribution in [-0.2, 0) is 25.7 Å². The Kier molecular flexibility index (Phi) is 10.6. The van der Waals surface area contributed by atoms with E-state index in [1.807, 2.05) is 30.3 Å². The molecule has 0 saturated heterocycles. The van der Waals surface area contributed by atoms with E-state index in [0.29, 0.717) is 43.2 Å². The van der Waals surface area contributed by atoms with E-state index < -0.39 is 23.5 Å². The van der Waals surface area contributed by atoms with Crippen molar-refractivity contribution in [2.45, 2.75) is 33.4 Å². The lowest BCUT2D eigenvalue weighted by Crippen LogP contribution is -2.40. The number of aromatic nitrogens is 1. The molecule has 1 aliphatic heterocycles. The van der Waals surface area contributed by atoms with E-state index in [2.05, 4.69) is 0 Å². The fourth-order valence-corrected chi connectivity index (χ4v) is 6.87. The van der Waals surface area contributed by atoms with Gasteiger partial charge in [-0.05, 0) is 67.4 Å². The number of esters is 2. The first-order valence-corrected chi connectivity index (χ1v) is 17.1. The first-order valence-electron chi connectivity index (χ1n) is 16.3. The Bertz CT molecular complexity index is 2350. The third-order valence-corrected chi connectivity index (χ3v) is 9.20. The number of allylic oxidation sites excluding steroid dienone is 1. The van der Waals surface area contributed by atoms with Gasteiger partial charge in [-0.1, -0.05) is 65.9 Å². The zero-order chi connectivity index (χ0) is 36.1. The van der Waals surface area contributed by atoms with Gasteiger partial charge in [0.15, 0.2) is 22.9 Å². The molecule has 5 aromatic rings. The van der Waals surface area contributed by atoms with Gasteiger partial charge in [-0.25, -0.2) is 19.0 Å². The lowest BCUT2D eigenvalue weighted by Gasteiger charge is -2.25. The molecule has 1 aliphatic rings. The van der Waals surface area contributed by atoms with Gasteiger partial charge in [0.05, 0.1) is 42.2 Å². The number of methoxy groups -OCH3 is 1. The number of fused-ring (bicyclic) bond motifs is 2. The van der Waals surface area contributed by atoms with Crippen molar-refractivity contribution in [3.8, 4) is 17.2 Å². The number of carbonyl (C=O) groups excluding carboxylic acids is 2. The van der Waals surface area contributed by atoms with Crippen LogP contribution in [0.4, 0.5) is 4.39 Å². The van der Waals surface area contributed by atoms with E-state index in [0.717, 1.165) is 10.8 Å². The number of thiazole rings is 1. The molecule has 4 aromatic carbocycles. The van der Waals surface area contributed by atoms with Crippen LogP contribution in [0.2, 0.25) is 0 Å². The molecule has 0 fully saturated rings. The normalized spacial score (nSPS) is 14.1. The number of carbonyl (C=O) groups is 2. The molecule has 0 bridgehead atoms. The maximum atomic E-state index is 14.5. The van der Waals surface area contributed by atoms with E-state index in [1.165, 1.54) is 29.1 Å². The standard InChI is InChI=1S/C39H35FN2O8S/c1-5-47-32-19-25(16-18-31(32)50-22-34(43)46-4)36-35(38(45)48-6-2)23(3)41-39-42(36)37(44)33(51-39)20-28-27-13-9-7-11-24(27)15-17-30(28)49-21-26-12-8-10-14-29(26)40/h7-20,36H,5-6,21-22H2,1-4H3/b33-20+/t36-/m0/s1. The van der Waals surface area contributed by atoms with Crippen LogP contribution >= 0.6 is 11.3 Å². The number of halogens is 1. The average Bonchev–Trinajstić information content (AvgIpc) is 3.44. The quantitative estimate of drug-likeness (QED) is 0.153. The minimum Gasteiger partial charge on any atom is -0.490 e. The first-order chi connectivity index (χ1) is 24.7. The van der Waals surface area contributed by atoms with Crippen LogP contribution in [0.25, 0.3) is 16.8 Å². The molecule has 10 nitrogen and oxygen atoms in total. The van der Waals surface area contributed by atoms with Crippen molar-refractivity contribution in [2.75, 3.05) is 26.9 Å². The Morgan fingerprint density at radius 1 is 0.922 bits per heavy atom. The van der Waals surface area contributed by atoms with Gasteiger partial charge >= 0.3 is 11.9 Å². The van der Waals surface area contributed by atoms with Gasteiger partial charge in [0.25, 0.3) is 5.56 Å². The minimum atomic E-state index is -0.930. The van der Waals surface area contributed by atoms with Crippen molar-refractivity contribution in [1.82, 2.24) is 4.57 Å². The van der Waals surface area contributed by atoms with Gasteiger partial charge in [0.2, 0.25) is 0 Å². The average molecular weight is 711 g/mol. The van der Waals surface area contributed by atoms with E-state index in [-0.39, 0.29) is 43.6 Å².